The molecule has 1 aromatic rings. The second kappa shape index (κ2) is 7.50. The first-order valence-corrected chi connectivity index (χ1v) is 7.05. The van der Waals surface area contributed by atoms with Crippen molar-refractivity contribution in [1.82, 2.24) is 4.90 Å². The van der Waals surface area contributed by atoms with E-state index in [1.54, 1.807) is 7.11 Å². The first-order valence-electron chi connectivity index (χ1n) is 6.26. The molecule has 0 radical (unpaired) electrons. The third-order valence-corrected chi connectivity index (χ3v) is 3.66. The van der Waals surface area contributed by atoms with Gasteiger partial charge in [-0.1, -0.05) is 22.9 Å². The zero-order chi connectivity index (χ0) is 14.4. The minimum absolute atomic E-state index is 0.0324. The number of nitrogens with zero attached hydrogens (tertiary/aromatic N) is 1. The third-order valence-electron chi connectivity index (χ3n) is 3.17. The van der Waals surface area contributed by atoms with Crippen LogP contribution in [0.3, 0.4) is 0 Å². The van der Waals surface area contributed by atoms with E-state index in [0.717, 1.165) is 22.2 Å². The highest BCUT2D eigenvalue weighted by atomic mass is 79.9. The third kappa shape index (κ3) is 4.84. The van der Waals surface area contributed by atoms with Gasteiger partial charge in [0.2, 0.25) is 0 Å². The summed E-state index contributed by atoms with van der Waals surface area (Å²) in [5, 5.41) is 9.01. The minimum Gasteiger partial charge on any atom is -0.496 e. The van der Waals surface area contributed by atoms with Gasteiger partial charge in [0.25, 0.3) is 0 Å². The molecular weight excluding hydrogens is 310 g/mol. The smallest absolute Gasteiger partial charge is 0.317 e. The zero-order valence-electron chi connectivity index (χ0n) is 11.5. The molecule has 5 heteroatoms. The molecule has 1 N–H and O–H groups in total. The van der Waals surface area contributed by atoms with Gasteiger partial charge in [-0.15, -0.1) is 0 Å². The molecule has 19 heavy (non-hydrogen) atoms. The lowest BCUT2D eigenvalue weighted by Gasteiger charge is -2.27. The summed E-state index contributed by atoms with van der Waals surface area (Å²) in [6.07, 6.45) is 0.906. The number of ether oxygens (including phenoxy) is 1. The Labute approximate surface area is 122 Å². The van der Waals surface area contributed by atoms with Gasteiger partial charge in [0, 0.05) is 22.6 Å². The maximum absolute atomic E-state index is 11.0. The second-order valence-electron chi connectivity index (χ2n) is 4.51. The average Bonchev–Trinajstić information content (AvgIpc) is 2.36. The Morgan fingerprint density at radius 2 is 2.21 bits per heavy atom. The summed E-state index contributed by atoms with van der Waals surface area (Å²) in [5.74, 6) is -0.0313. The van der Waals surface area contributed by atoms with Crippen LogP contribution in [-0.2, 0) is 11.3 Å². The van der Waals surface area contributed by atoms with Crippen LogP contribution in [0.15, 0.2) is 22.7 Å². The van der Waals surface area contributed by atoms with Crippen molar-refractivity contribution in [1.29, 1.82) is 0 Å². The quantitative estimate of drug-likeness (QED) is 0.834. The highest BCUT2D eigenvalue weighted by Crippen LogP contribution is 2.25. The topological polar surface area (TPSA) is 49.8 Å². The Bertz CT molecular complexity index is 437. The van der Waals surface area contributed by atoms with Crippen LogP contribution in [0.1, 0.15) is 25.8 Å². The van der Waals surface area contributed by atoms with Crippen molar-refractivity contribution in [3.8, 4) is 5.75 Å². The van der Waals surface area contributed by atoms with Crippen LogP contribution in [-0.4, -0.2) is 35.7 Å². The van der Waals surface area contributed by atoms with E-state index in [2.05, 4.69) is 22.9 Å². The highest BCUT2D eigenvalue weighted by Gasteiger charge is 2.17. The number of carboxylic acid groups (broad SMARTS) is 1. The number of hydrogen-bond donors (Lipinski definition) is 1. The predicted molar refractivity (Wildman–Crippen MR) is 78.5 cm³/mol. The monoisotopic (exact) mass is 329 g/mol. The van der Waals surface area contributed by atoms with Crippen molar-refractivity contribution in [2.45, 2.75) is 32.9 Å². The van der Waals surface area contributed by atoms with Gasteiger partial charge in [0.15, 0.2) is 0 Å². The van der Waals surface area contributed by atoms with E-state index in [1.165, 1.54) is 0 Å². The first kappa shape index (κ1) is 16.0. The molecule has 1 rings (SSSR count). The molecule has 106 valence electrons. The molecule has 0 spiro atoms. The number of rotatable bonds is 7. The summed E-state index contributed by atoms with van der Waals surface area (Å²) in [6, 6.07) is 5.97. The summed E-state index contributed by atoms with van der Waals surface area (Å²) < 4.78 is 6.29. The highest BCUT2D eigenvalue weighted by molar-refractivity contribution is 9.10. The molecule has 0 aromatic heterocycles. The maximum atomic E-state index is 11.0. The number of hydrogen-bond acceptors (Lipinski definition) is 3. The lowest BCUT2D eigenvalue weighted by atomic mass is 10.1. The normalized spacial score (nSPS) is 12.5. The van der Waals surface area contributed by atoms with Crippen LogP contribution < -0.4 is 4.74 Å². The van der Waals surface area contributed by atoms with E-state index in [-0.39, 0.29) is 12.6 Å². The SMILES string of the molecule is CCC(C)N(CC(=O)O)Cc1cc(Br)ccc1OC. The van der Waals surface area contributed by atoms with Gasteiger partial charge in [-0.3, -0.25) is 9.69 Å². The van der Waals surface area contributed by atoms with Gasteiger partial charge in [-0.05, 0) is 31.5 Å². The van der Waals surface area contributed by atoms with E-state index in [9.17, 15) is 4.79 Å². The van der Waals surface area contributed by atoms with Crippen molar-refractivity contribution in [2.24, 2.45) is 0 Å². The van der Waals surface area contributed by atoms with Crippen LogP contribution in [0, 0.1) is 0 Å². The largest absolute Gasteiger partial charge is 0.496 e. The van der Waals surface area contributed by atoms with Crippen LogP contribution in [0.2, 0.25) is 0 Å². The number of halogens is 1. The second-order valence-corrected chi connectivity index (χ2v) is 5.43. The molecular formula is C14H20BrNO3. The Hall–Kier alpha value is -1.07. The molecule has 0 saturated carbocycles. The zero-order valence-corrected chi connectivity index (χ0v) is 13.1. The maximum Gasteiger partial charge on any atom is 0.317 e. The summed E-state index contributed by atoms with van der Waals surface area (Å²) >= 11 is 3.43. The Morgan fingerprint density at radius 3 is 2.74 bits per heavy atom. The fourth-order valence-corrected chi connectivity index (χ4v) is 2.30. The number of aliphatic carboxylic acids is 1. The molecule has 0 aliphatic rings. The van der Waals surface area contributed by atoms with E-state index >= 15 is 0 Å². The van der Waals surface area contributed by atoms with E-state index < -0.39 is 5.97 Å². The van der Waals surface area contributed by atoms with Gasteiger partial charge in [0.05, 0.1) is 13.7 Å². The average molecular weight is 330 g/mol. The van der Waals surface area contributed by atoms with Crippen molar-refractivity contribution in [3.05, 3.63) is 28.2 Å². The molecule has 0 saturated heterocycles. The Balaban J connectivity index is 2.94. The summed E-state index contributed by atoms with van der Waals surface area (Å²) in [7, 11) is 1.62. The fourth-order valence-electron chi connectivity index (χ4n) is 1.89. The van der Waals surface area contributed by atoms with E-state index in [1.807, 2.05) is 30.0 Å². The molecule has 0 aliphatic heterocycles. The summed E-state index contributed by atoms with van der Waals surface area (Å²) in [6.45, 7) is 4.68. The molecule has 0 aliphatic carbocycles. The first-order chi connectivity index (χ1) is 8.97. The lowest BCUT2D eigenvalue weighted by molar-refractivity contribution is -0.139. The predicted octanol–water partition coefficient (Wildman–Crippen LogP) is 3.14. The van der Waals surface area contributed by atoms with Crippen LogP contribution in [0.5, 0.6) is 5.75 Å². The van der Waals surface area contributed by atoms with Gasteiger partial charge in [0.1, 0.15) is 5.75 Å². The standard InChI is InChI=1S/C14H20BrNO3/c1-4-10(2)16(9-14(17)18)8-11-7-12(15)5-6-13(11)19-3/h5-7,10H,4,8-9H2,1-3H3,(H,17,18). The van der Waals surface area contributed by atoms with Crippen molar-refractivity contribution in [3.63, 3.8) is 0 Å². The molecule has 1 atom stereocenters. The van der Waals surface area contributed by atoms with E-state index in [4.69, 9.17) is 9.84 Å². The lowest BCUT2D eigenvalue weighted by Crippen LogP contribution is -2.36. The molecule has 0 fully saturated rings. The molecule has 1 unspecified atom stereocenters. The minimum atomic E-state index is -0.811. The Kier molecular flexibility index (Phi) is 6.31. The Morgan fingerprint density at radius 1 is 1.53 bits per heavy atom. The molecule has 0 heterocycles. The van der Waals surface area contributed by atoms with Gasteiger partial charge in [-0.2, -0.15) is 0 Å². The molecule has 1 aromatic carbocycles. The van der Waals surface area contributed by atoms with Gasteiger partial charge < -0.3 is 9.84 Å². The number of carboxylic acids is 1. The number of methoxy groups -OCH3 is 1. The van der Waals surface area contributed by atoms with Gasteiger partial charge >= 0.3 is 5.97 Å². The van der Waals surface area contributed by atoms with Gasteiger partial charge in [-0.25, -0.2) is 0 Å². The van der Waals surface area contributed by atoms with Crippen LogP contribution >= 0.6 is 15.9 Å². The van der Waals surface area contributed by atoms with E-state index in [0.29, 0.717) is 6.54 Å². The summed E-state index contributed by atoms with van der Waals surface area (Å²) in [4.78, 5) is 12.9. The summed E-state index contributed by atoms with van der Waals surface area (Å²) in [5.41, 5.74) is 0.985. The van der Waals surface area contributed by atoms with Crippen molar-refractivity contribution in [2.75, 3.05) is 13.7 Å². The fraction of sp³-hybridized carbons (Fsp3) is 0.500. The molecule has 0 amide bonds. The molecule has 0 bridgehead atoms. The van der Waals surface area contributed by atoms with Crippen molar-refractivity contribution < 1.29 is 14.6 Å². The number of benzene rings is 1. The number of carbonyl (C=O) groups is 1. The van der Waals surface area contributed by atoms with Crippen LogP contribution in [0.4, 0.5) is 0 Å². The molecule has 4 nitrogen and oxygen atoms in total. The van der Waals surface area contributed by atoms with Crippen LogP contribution in [0.25, 0.3) is 0 Å². The van der Waals surface area contributed by atoms with Crippen molar-refractivity contribution >= 4 is 21.9 Å².